The van der Waals surface area contributed by atoms with Crippen molar-refractivity contribution in [2.75, 3.05) is 13.6 Å². The number of rotatable bonds is 7. The van der Waals surface area contributed by atoms with Crippen LogP contribution in [0.1, 0.15) is 81.1 Å². The van der Waals surface area contributed by atoms with Crippen LogP contribution in [0.3, 0.4) is 0 Å². The van der Waals surface area contributed by atoms with Crippen molar-refractivity contribution in [3.63, 3.8) is 0 Å². The second-order valence-electron chi connectivity index (χ2n) is 9.26. The van der Waals surface area contributed by atoms with Crippen molar-refractivity contribution < 1.29 is 0 Å². The van der Waals surface area contributed by atoms with Gasteiger partial charge in [-0.25, -0.2) is 5.01 Å². The van der Waals surface area contributed by atoms with Crippen molar-refractivity contribution >= 4 is 0 Å². The maximum absolute atomic E-state index is 6.44. The zero-order valence-electron chi connectivity index (χ0n) is 18.0. The van der Waals surface area contributed by atoms with Crippen LogP contribution in [0.15, 0.2) is 0 Å². The first kappa shape index (κ1) is 21.9. The molecule has 7 unspecified atom stereocenters. The molecule has 1 fully saturated rings. The van der Waals surface area contributed by atoms with Gasteiger partial charge < -0.3 is 4.90 Å². The molecule has 0 aromatic heterocycles. The van der Waals surface area contributed by atoms with E-state index in [0.29, 0.717) is 35.4 Å². The third kappa shape index (κ3) is 4.74. The molecule has 0 aromatic carbocycles. The largest absolute Gasteiger partial charge is 0.303 e. The van der Waals surface area contributed by atoms with E-state index in [0.717, 1.165) is 5.92 Å². The standard InChI is InChI=1S/C21H45N3/c1-10-11-18(5)24(22)20(7)13-16(3)21(8)15(2)12-19(6)23(9)14-17(21)4/h15-20H,10-14,22H2,1-9H3. The van der Waals surface area contributed by atoms with Crippen LogP contribution in [0.2, 0.25) is 0 Å². The third-order valence-corrected chi connectivity index (χ3v) is 7.61. The van der Waals surface area contributed by atoms with Crippen LogP contribution in [0.4, 0.5) is 0 Å². The van der Waals surface area contributed by atoms with Gasteiger partial charge in [-0.15, -0.1) is 0 Å². The fraction of sp³-hybridized carbons (Fsp3) is 1.00. The van der Waals surface area contributed by atoms with E-state index in [4.69, 9.17) is 5.84 Å². The normalized spacial score (nSPS) is 36.4. The molecule has 1 aliphatic heterocycles. The second kappa shape index (κ2) is 9.00. The maximum Gasteiger partial charge on any atom is 0.0218 e. The number of nitrogens with two attached hydrogens (primary N) is 1. The summed E-state index contributed by atoms with van der Waals surface area (Å²) in [6, 6.07) is 1.60. The summed E-state index contributed by atoms with van der Waals surface area (Å²) in [5, 5.41) is 2.12. The fourth-order valence-electron chi connectivity index (χ4n) is 5.10. The van der Waals surface area contributed by atoms with Gasteiger partial charge in [0.25, 0.3) is 0 Å². The molecule has 0 aliphatic carbocycles. The van der Waals surface area contributed by atoms with Crippen molar-refractivity contribution in [2.24, 2.45) is 29.0 Å². The van der Waals surface area contributed by atoms with Gasteiger partial charge in [0.15, 0.2) is 0 Å². The molecule has 144 valence electrons. The van der Waals surface area contributed by atoms with E-state index in [1.165, 1.54) is 32.2 Å². The molecule has 1 aliphatic rings. The molecule has 0 saturated carbocycles. The minimum absolute atomic E-state index is 0.377. The summed E-state index contributed by atoms with van der Waals surface area (Å²) in [6.07, 6.45) is 4.87. The highest BCUT2D eigenvalue weighted by Gasteiger charge is 2.45. The molecule has 1 heterocycles. The third-order valence-electron chi connectivity index (χ3n) is 7.61. The molecule has 1 rings (SSSR count). The average Bonchev–Trinajstić information content (AvgIpc) is 2.58. The highest BCUT2D eigenvalue weighted by atomic mass is 15.4. The SMILES string of the molecule is CCCC(C)N(N)C(C)CC(C)C1(C)C(C)CC(C)N(C)CC1C. The first-order valence-corrected chi connectivity index (χ1v) is 10.3. The van der Waals surface area contributed by atoms with Crippen molar-refractivity contribution in [3.05, 3.63) is 0 Å². The van der Waals surface area contributed by atoms with E-state index in [1.54, 1.807) is 0 Å². The molecule has 0 amide bonds. The van der Waals surface area contributed by atoms with Gasteiger partial charge >= 0.3 is 0 Å². The lowest BCUT2D eigenvalue weighted by Crippen LogP contribution is -2.48. The number of hydrazine groups is 1. The van der Waals surface area contributed by atoms with Crippen LogP contribution in [-0.2, 0) is 0 Å². The summed E-state index contributed by atoms with van der Waals surface area (Å²) in [4.78, 5) is 2.56. The summed E-state index contributed by atoms with van der Waals surface area (Å²) in [6.45, 7) is 20.4. The zero-order chi connectivity index (χ0) is 18.7. The highest BCUT2D eigenvalue weighted by Crippen LogP contribution is 2.48. The van der Waals surface area contributed by atoms with Crippen molar-refractivity contribution in [3.8, 4) is 0 Å². The van der Waals surface area contributed by atoms with Gasteiger partial charge in [0.2, 0.25) is 0 Å². The molecule has 2 N–H and O–H groups in total. The van der Waals surface area contributed by atoms with Gasteiger partial charge in [-0.05, 0) is 70.3 Å². The molecule has 0 spiro atoms. The Hall–Kier alpha value is -0.120. The first-order valence-electron chi connectivity index (χ1n) is 10.3. The Labute approximate surface area is 152 Å². The predicted molar refractivity (Wildman–Crippen MR) is 107 cm³/mol. The average molecular weight is 340 g/mol. The first-order chi connectivity index (χ1) is 11.0. The summed E-state index contributed by atoms with van der Waals surface area (Å²) < 4.78 is 0. The quantitative estimate of drug-likeness (QED) is 0.536. The van der Waals surface area contributed by atoms with Crippen molar-refractivity contribution in [1.29, 1.82) is 0 Å². The van der Waals surface area contributed by atoms with E-state index in [-0.39, 0.29) is 0 Å². The predicted octanol–water partition coefficient (Wildman–Crippen LogP) is 4.77. The molecule has 0 radical (unpaired) electrons. The number of likely N-dealkylation sites (tertiary alicyclic amines) is 1. The summed E-state index contributed by atoms with van der Waals surface area (Å²) in [5.74, 6) is 8.57. The Morgan fingerprint density at radius 3 is 2.25 bits per heavy atom. The van der Waals surface area contributed by atoms with Crippen LogP contribution in [0, 0.1) is 23.2 Å². The number of nitrogens with zero attached hydrogens (tertiary/aromatic N) is 2. The van der Waals surface area contributed by atoms with Crippen LogP contribution >= 0.6 is 0 Å². The van der Waals surface area contributed by atoms with Gasteiger partial charge in [-0.2, -0.15) is 0 Å². The van der Waals surface area contributed by atoms with Gasteiger partial charge in [0.1, 0.15) is 0 Å². The van der Waals surface area contributed by atoms with E-state index in [2.05, 4.69) is 72.3 Å². The number of hydrogen-bond donors (Lipinski definition) is 1. The van der Waals surface area contributed by atoms with Crippen molar-refractivity contribution in [2.45, 2.75) is 99.2 Å². The summed E-state index contributed by atoms with van der Waals surface area (Å²) >= 11 is 0. The summed E-state index contributed by atoms with van der Waals surface area (Å²) in [5.41, 5.74) is 0.377. The Morgan fingerprint density at radius 2 is 1.71 bits per heavy atom. The van der Waals surface area contributed by atoms with Crippen molar-refractivity contribution in [1.82, 2.24) is 9.91 Å². The second-order valence-corrected chi connectivity index (χ2v) is 9.26. The van der Waals surface area contributed by atoms with E-state index in [9.17, 15) is 0 Å². The molecule has 24 heavy (non-hydrogen) atoms. The van der Waals surface area contributed by atoms with Gasteiger partial charge in [-0.3, -0.25) is 5.84 Å². The van der Waals surface area contributed by atoms with Gasteiger partial charge in [0, 0.05) is 24.7 Å². The topological polar surface area (TPSA) is 32.5 Å². The zero-order valence-corrected chi connectivity index (χ0v) is 18.0. The molecular weight excluding hydrogens is 294 g/mol. The van der Waals surface area contributed by atoms with E-state index >= 15 is 0 Å². The monoisotopic (exact) mass is 339 g/mol. The van der Waals surface area contributed by atoms with Gasteiger partial charge in [-0.1, -0.05) is 41.0 Å². The van der Waals surface area contributed by atoms with Crippen LogP contribution in [-0.4, -0.2) is 41.6 Å². The van der Waals surface area contributed by atoms with E-state index in [1.807, 2.05) is 0 Å². The minimum atomic E-state index is 0.377. The van der Waals surface area contributed by atoms with E-state index < -0.39 is 0 Å². The Balaban J connectivity index is 2.84. The number of hydrogen-bond acceptors (Lipinski definition) is 3. The minimum Gasteiger partial charge on any atom is -0.303 e. The Morgan fingerprint density at radius 1 is 1.12 bits per heavy atom. The Kier molecular flexibility index (Phi) is 8.22. The molecular formula is C21H45N3. The molecule has 0 bridgehead atoms. The Bertz CT molecular complexity index is 354. The fourth-order valence-corrected chi connectivity index (χ4v) is 5.10. The van der Waals surface area contributed by atoms with Crippen LogP contribution in [0.25, 0.3) is 0 Å². The van der Waals surface area contributed by atoms with Crippen LogP contribution < -0.4 is 5.84 Å². The lowest BCUT2D eigenvalue weighted by atomic mass is 9.60. The molecule has 3 heteroatoms. The molecule has 7 atom stereocenters. The molecule has 1 saturated heterocycles. The summed E-state index contributed by atoms with van der Waals surface area (Å²) in [7, 11) is 2.29. The highest BCUT2D eigenvalue weighted by molar-refractivity contribution is 4.95. The van der Waals surface area contributed by atoms with Crippen LogP contribution in [0.5, 0.6) is 0 Å². The lowest BCUT2D eigenvalue weighted by molar-refractivity contribution is 0.0215. The molecule has 0 aromatic rings. The smallest absolute Gasteiger partial charge is 0.0218 e. The van der Waals surface area contributed by atoms with Gasteiger partial charge in [0.05, 0.1) is 0 Å². The maximum atomic E-state index is 6.44. The lowest BCUT2D eigenvalue weighted by Gasteiger charge is -2.46. The molecule has 3 nitrogen and oxygen atoms in total.